The molecule has 104 valence electrons. The third-order valence-corrected chi connectivity index (χ3v) is 4.32. The molecule has 3 aromatic rings. The lowest BCUT2D eigenvalue weighted by molar-refractivity contribution is 0.0606. The normalized spacial score (nSPS) is 11.1. The van der Waals surface area contributed by atoms with Crippen molar-refractivity contribution in [2.75, 3.05) is 7.11 Å². The zero-order chi connectivity index (χ0) is 14.7. The molecule has 1 aromatic heterocycles. The summed E-state index contributed by atoms with van der Waals surface area (Å²) in [6.45, 7) is 0. The van der Waals surface area contributed by atoms with Crippen molar-refractivity contribution in [3.8, 4) is 0 Å². The van der Waals surface area contributed by atoms with Gasteiger partial charge in [0.15, 0.2) is 0 Å². The molecule has 1 heterocycles. The smallest absolute Gasteiger partial charge is 0.348 e. The van der Waals surface area contributed by atoms with Crippen molar-refractivity contribution in [2.24, 2.45) is 0 Å². The van der Waals surface area contributed by atoms with Crippen LogP contribution in [0.4, 0.5) is 0 Å². The third kappa shape index (κ3) is 2.88. The van der Waals surface area contributed by atoms with E-state index in [1.54, 1.807) is 0 Å². The molecule has 2 aromatic carbocycles. The van der Waals surface area contributed by atoms with Gasteiger partial charge in [0.25, 0.3) is 0 Å². The molecule has 3 rings (SSSR count). The van der Waals surface area contributed by atoms with Crippen LogP contribution in [0.15, 0.2) is 54.6 Å². The molecule has 0 aliphatic heterocycles. The van der Waals surface area contributed by atoms with Crippen LogP contribution in [0.1, 0.15) is 20.8 Å². The number of benzene rings is 2. The lowest BCUT2D eigenvalue weighted by atomic mass is 10.1. The standard InChI is InChI=1S/C18H14O2S/c1-20-18(19)17-12-15-14(8-5-9-16(15)21-17)11-10-13-6-3-2-4-7-13/h2-12H,1H3/b11-10+. The second-order valence-corrected chi connectivity index (χ2v) is 5.69. The summed E-state index contributed by atoms with van der Waals surface area (Å²) in [5, 5.41) is 1.08. The van der Waals surface area contributed by atoms with Gasteiger partial charge in [0.1, 0.15) is 4.88 Å². The summed E-state index contributed by atoms with van der Waals surface area (Å²) in [7, 11) is 1.41. The first-order valence-electron chi connectivity index (χ1n) is 6.62. The Morgan fingerprint density at radius 2 is 1.86 bits per heavy atom. The number of methoxy groups -OCH3 is 1. The zero-order valence-corrected chi connectivity index (χ0v) is 12.4. The summed E-state index contributed by atoms with van der Waals surface area (Å²) in [6.07, 6.45) is 4.15. The van der Waals surface area contributed by atoms with E-state index in [2.05, 4.69) is 30.4 Å². The van der Waals surface area contributed by atoms with Gasteiger partial charge in [-0.2, -0.15) is 0 Å². The first-order valence-corrected chi connectivity index (χ1v) is 7.43. The third-order valence-electron chi connectivity index (χ3n) is 3.24. The van der Waals surface area contributed by atoms with Crippen LogP contribution in [0, 0.1) is 0 Å². The van der Waals surface area contributed by atoms with Crippen LogP contribution in [0.3, 0.4) is 0 Å². The van der Waals surface area contributed by atoms with E-state index in [1.807, 2.05) is 36.4 Å². The number of carbonyl (C=O) groups is 1. The molecule has 2 nitrogen and oxygen atoms in total. The number of ether oxygens (including phenoxy) is 1. The minimum Gasteiger partial charge on any atom is -0.465 e. The molecule has 0 bridgehead atoms. The fraction of sp³-hybridized carbons (Fsp3) is 0.0556. The highest BCUT2D eigenvalue weighted by molar-refractivity contribution is 7.20. The molecule has 0 aliphatic carbocycles. The van der Waals surface area contributed by atoms with Crippen LogP contribution in [0.2, 0.25) is 0 Å². The minimum absolute atomic E-state index is 0.283. The molecule has 0 fully saturated rings. The van der Waals surface area contributed by atoms with E-state index in [0.29, 0.717) is 4.88 Å². The lowest BCUT2D eigenvalue weighted by Crippen LogP contribution is -1.96. The monoisotopic (exact) mass is 294 g/mol. The number of thiophene rings is 1. The SMILES string of the molecule is COC(=O)c1cc2c(/C=C/c3ccccc3)cccc2s1. The molecule has 0 amide bonds. The van der Waals surface area contributed by atoms with Crippen molar-refractivity contribution in [1.82, 2.24) is 0 Å². The molecule has 0 saturated heterocycles. The van der Waals surface area contributed by atoms with E-state index in [-0.39, 0.29) is 5.97 Å². The molecule has 0 N–H and O–H groups in total. The largest absolute Gasteiger partial charge is 0.465 e. The van der Waals surface area contributed by atoms with E-state index in [1.165, 1.54) is 18.4 Å². The van der Waals surface area contributed by atoms with Gasteiger partial charge in [0.2, 0.25) is 0 Å². The summed E-state index contributed by atoms with van der Waals surface area (Å²) in [6, 6.07) is 18.1. The predicted molar refractivity (Wildman–Crippen MR) is 88.5 cm³/mol. The number of rotatable bonds is 3. The Bertz CT molecular complexity index is 800. The Morgan fingerprint density at radius 3 is 2.62 bits per heavy atom. The molecule has 0 unspecified atom stereocenters. The molecule has 0 aliphatic rings. The fourth-order valence-electron chi connectivity index (χ4n) is 2.18. The highest BCUT2D eigenvalue weighted by Gasteiger charge is 2.11. The highest BCUT2D eigenvalue weighted by atomic mass is 32.1. The Balaban J connectivity index is 2.01. The van der Waals surface area contributed by atoms with Crippen LogP contribution in [-0.2, 0) is 4.74 Å². The minimum atomic E-state index is -0.283. The van der Waals surface area contributed by atoms with Crippen LogP contribution >= 0.6 is 11.3 Å². The van der Waals surface area contributed by atoms with Gasteiger partial charge >= 0.3 is 5.97 Å². The summed E-state index contributed by atoms with van der Waals surface area (Å²) in [4.78, 5) is 12.3. The maximum atomic E-state index is 11.6. The van der Waals surface area contributed by atoms with E-state index in [4.69, 9.17) is 4.74 Å². The van der Waals surface area contributed by atoms with Gasteiger partial charge in [-0.3, -0.25) is 0 Å². The lowest BCUT2D eigenvalue weighted by Gasteiger charge is -1.97. The van der Waals surface area contributed by atoms with Crippen LogP contribution in [0.25, 0.3) is 22.2 Å². The Kier molecular flexibility index (Phi) is 3.84. The number of carbonyl (C=O) groups excluding carboxylic acids is 1. The topological polar surface area (TPSA) is 26.3 Å². The van der Waals surface area contributed by atoms with Gasteiger partial charge in [-0.05, 0) is 23.3 Å². The molecule has 0 radical (unpaired) electrons. The van der Waals surface area contributed by atoms with E-state index in [0.717, 1.165) is 21.2 Å². The number of hydrogen-bond acceptors (Lipinski definition) is 3. The average molecular weight is 294 g/mol. The Hall–Kier alpha value is -2.39. The van der Waals surface area contributed by atoms with E-state index < -0.39 is 0 Å². The first-order chi connectivity index (χ1) is 10.3. The average Bonchev–Trinajstić information content (AvgIpc) is 2.97. The van der Waals surface area contributed by atoms with Crippen molar-refractivity contribution in [3.05, 3.63) is 70.6 Å². The van der Waals surface area contributed by atoms with E-state index >= 15 is 0 Å². The zero-order valence-electron chi connectivity index (χ0n) is 11.6. The van der Waals surface area contributed by atoms with Crippen molar-refractivity contribution < 1.29 is 9.53 Å². The summed E-state index contributed by atoms with van der Waals surface area (Å²) < 4.78 is 5.88. The summed E-state index contributed by atoms with van der Waals surface area (Å²) in [5.74, 6) is -0.283. The molecule has 0 saturated carbocycles. The van der Waals surface area contributed by atoms with Crippen LogP contribution in [0.5, 0.6) is 0 Å². The van der Waals surface area contributed by atoms with Gasteiger partial charge in [0.05, 0.1) is 7.11 Å². The maximum Gasteiger partial charge on any atom is 0.348 e. The predicted octanol–water partition coefficient (Wildman–Crippen LogP) is 4.86. The molecule has 0 atom stereocenters. The van der Waals surface area contributed by atoms with Gasteiger partial charge in [-0.25, -0.2) is 4.79 Å². The molecular formula is C18H14O2S. The van der Waals surface area contributed by atoms with Gasteiger partial charge in [-0.15, -0.1) is 11.3 Å². The van der Waals surface area contributed by atoms with Crippen LogP contribution < -0.4 is 0 Å². The number of fused-ring (bicyclic) bond motifs is 1. The van der Waals surface area contributed by atoms with Crippen molar-refractivity contribution in [1.29, 1.82) is 0 Å². The van der Waals surface area contributed by atoms with Crippen LogP contribution in [-0.4, -0.2) is 13.1 Å². The maximum absolute atomic E-state index is 11.6. The van der Waals surface area contributed by atoms with Gasteiger partial charge in [0, 0.05) is 10.1 Å². The van der Waals surface area contributed by atoms with Gasteiger partial charge < -0.3 is 4.74 Å². The van der Waals surface area contributed by atoms with Crippen molar-refractivity contribution in [2.45, 2.75) is 0 Å². The van der Waals surface area contributed by atoms with Gasteiger partial charge in [-0.1, -0.05) is 54.6 Å². The first kappa shape index (κ1) is 13.6. The molecular weight excluding hydrogens is 280 g/mol. The highest BCUT2D eigenvalue weighted by Crippen LogP contribution is 2.29. The number of esters is 1. The van der Waals surface area contributed by atoms with Crippen molar-refractivity contribution in [3.63, 3.8) is 0 Å². The van der Waals surface area contributed by atoms with Crippen molar-refractivity contribution >= 4 is 39.5 Å². The van der Waals surface area contributed by atoms with E-state index in [9.17, 15) is 4.79 Å². The Labute approximate surface area is 127 Å². The second-order valence-electron chi connectivity index (χ2n) is 4.61. The fourth-order valence-corrected chi connectivity index (χ4v) is 3.19. The second kappa shape index (κ2) is 5.94. The summed E-state index contributed by atoms with van der Waals surface area (Å²) in [5.41, 5.74) is 2.25. The quantitative estimate of drug-likeness (QED) is 0.509. The molecule has 21 heavy (non-hydrogen) atoms. The molecule has 3 heteroatoms. The molecule has 0 spiro atoms. The summed E-state index contributed by atoms with van der Waals surface area (Å²) >= 11 is 1.46. The number of hydrogen-bond donors (Lipinski definition) is 0. The Morgan fingerprint density at radius 1 is 1.05 bits per heavy atom.